The number of aliphatic hydroxyl groups is 1. The number of hydrogen-bond acceptors (Lipinski definition) is 7. The zero-order valence-electron chi connectivity index (χ0n) is 19.5. The number of aliphatic hydroxyl groups excluding tert-OH is 1. The molecule has 0 bridgehead atoms. The molecule has 0 aliphatic rings. The van der Waals surface area contributed by atoms with E-state index in [0.29, 0.717) is 49.1 Å². The van der Waals surface area contributed by atoms with Crippen molar-refractivity contribution in [2.75, 3.05) is 40.5 Å². The molecule has 0 heterocycles. The minimum atomic E-state index is -0.701. The Morgan fingerprint density at radius 1 is 1.03 bits per heavy atom. The van der Waals surface area contributed by atoms with E-state index in [4.69, 9.17) is 18.9 Å². The molecule has 0 radical (unpaired) electrons. The van der Waals surface area contributed by atoms with Crippen LogP contribution in [0, 0.1) is 0 Å². The molecule has 0 aromatic heterocycles. The molecule has 2 aromatic rings. The molecule has 0 spiro atoms. The van der Waals surface area contributed by atoms with Gasteiger partial charge in [0.1, 0.15) is 18.5 Å². The summed E-state index contributed by atoms with van der Waals surface area (Å²) in [5.41, 5.74) is 2.53. The highest BCUT2D eigenvalue weighted by atomic mass is 16.5. The fraction of sp³-hybridized carbons (Fsp3) is 0.480. The van der Waals surface area contributed by atoms with Gasteiger partial charge in [0.15, 0.2) is 17.3 Å². The second-order valence-corrected chi connectivity index (χ2v) is 7.55. The number of Topliss-reactive ketones (excluding diaryl/α,β-unsaturated/α-hetero) is 1. The topological polar surface area (TPSA) is 86.2 Å². The molecule has 176 valence electrons. The van der Waals surface area contributed by atoms with Crippen LogP contribution in [0.3, 0.4) is 0 Å². The van der Waals surface area contributed by atoms with Gasteiger partial charge in [0.2, 0.25) is 0 Å². The number of benzene rings is 2. The summed E-state index contributed by atoms with van der Waals surface area (Å²) < 4.78 is 21.8. The van der Waals surface area contributed by atoms with Gasteiger partial charge in [-0.15, -0.1) is 0 Å². The van der Waals surface area contributed by atoms with E-state index in [1.807, 2.05) is 31.2 Å². The summed E-state index contributed by atoms with van der Waals surface area (Å²) in [5.74, 6) is 1.78. The van der Waals surface area contributed by atoms with Gasteiger partial charge in [0.25, 0.3) is 0 Å². The maximum absolute atomic E-state index is 12.0. The van der Waals surface area contributed by atoms with E-state index in [2.05, 4.69) is 5.32 Å². The first kappa shape index (κ1) is 25.6. The normalized spacial score (nSPS) is 11.8. The van der Waals surface area contributed by atoms with E-state index >= 15 is 0 Å². The third kappa shape index (κ3) is 8.15. The molecule has 7 heteroatoms. The molecule has 2 rings (SSSR count). The molecule has 2 aromatic carbocycles. The molecule has 0 saturated carbocycles. The van der Waals surface area contributed by atoms with Crippen molar-refractivity contribution < 1.29 is 28.8 Å². The third-order valence-electron chi connectivity index (χ3n) is 4.89. The van der Waals surface area contributed by atoms with Crippen LogP contribution in [0.4, 0.5) is 0 Å². The number of nitrogens with one attached hydrogen (secondary N) is 1. The van der Waals surface area contributed by atoms with Crippen molar-refractivity contribution in [2.45, 2.75) is 39.4 Å². The maximum Gasteiger partial charge on any atom is 0.163 e. The number of carbonyl (C=O) groups is 1. The van der Waals surface area contributed by atoms with E-state index in [-0.39, 0.29) is 12.4 Å². The van der Waals surface area contributed by atoms with Crippen LogP contribution in [0.1, 0.15) is 41.8 Å². The summed E-state index contributed by atoms with van der Waals surface area (Å²) in [6.07, 6.45) is 1.03. The molecule has 0 aliphatic carbocycles. The Kier molecular flexibility index (Phi) is 11.0. The van der Waals surface area contributed by atoms with Crippen LogP contribution in [-0.2, 0) is 17.8 Å². The fourth-order valence-electron chi connectivity index (χ4n) is 3.18. The van der Waals surface area contributed by atoms with E-state index in [1.165, 1.54) is 6.92 Å². The predicted octanol–water partition coefficient (Wildman–Crippen LogP) is 3.41. The molecule has 2 N–H and O–H groups in total. The number of ether oxygens (including phenoxy) is 4. The summed E-state index contributed by atoms with van der Waals surface area (Å²) in [4.78, 5) is 12.0. The van der Waals surface area contributed by atoms with Crippen LogP contribution in [0.15, 0.2) is 36.4 Å². The lowest BCUT2D eigenvalue weighted by Gasteiger charge is -2.16. The van der Waals surface area contributed by atoms with Crippen molar-refractivity contribution in [1.82, 2.24) is 5.32 Å². The molecule has 0 aliphatic heterocycles. The highest BCUT2D eigenvalue weighted by Crippen LogP contribution is 2.27. The average molecular weight is 446 g/mol. The van der Waals surface area contributed by atoms with Crippen LogP contribution >= 0.6 is 0 Å². The molecule has 7 nitrogen and oxygen atoms in total. The van der Waals surface area contributed by atoms with Gasteiger partial charge in [-0.3, -0.25) is 4.79 Å². The van der Waals surface area contributed by atoms with Crippen molar-refractivity contribution in [2.24, 2.45) is 0 Å². The van der Waals surface area contributed by atoms with E-state index in [0.717, 1.165) is 24.0 Å². The second-order valence-electron chi connectivity index (χ2n) is 7.55. The highest BCUT2D eigenvalue weighted by Gasteiger charge is 2.12. The van der Waals surface area contributed by atoms with Crippen molar-refractivity contribution in [3.63, 3.8) is 0 Å². The lowest BCUT2D eigenvalue weighted by molar-refractivity contribution is 0.0972. The van der Waals surface area contributed by atoms with Gasteiger partial charge < -0.3 is 29.4 Å². The maximum atomic E-state index is 12.0. The Morgan fingerprint density at radius 3 is 2.44 bits per heavy atom. The number of hydrogen-bond donors (Lipinski definition) is 2. The summed E-state index contributed by atoms with van der Waals surface area (Å²) in [7, 11) is 3.22. The lowest BCUT2D eigenvalue weighted by atomic mass is 10.1. The van der Waals surface area contributed by atoms with Gasteiger partial charge in [-0.1, -0.05) is 19.1 Å². The minimum absolute atomic E-state index is 0.0834. The van der Waals surface area contributed by atoms with Crippen molar-refractivity contribution >= 4 is 5.78 Å². The van der Waals surface area contributed by atoms with Crippen molar-refractivity contribution in [3.8, 4) is 17.2 Å². The molecular weight excluding hydrogens is 410 g/mol. The van der Waals surface area contributed by atoms with Crippen molar-refractivity contribution in [1.29, 1.82) is 0 Å². The first-order valence-electron chi connectivity index (χ1n) is 10.9. The lowest BCUT2D eigenvalue weighted by Crippen LogP contribution is -2.32. The number of rotatable bonds is 15. The zero-order valence-corrected chi connectivity index (χ0v) is 19.5. The number of ketones is 1. The Labute approximate surface area is 190 Å². The summed E-state index contributed by atoms with van der Waals surface area (Å²) in [6.45, 7) is 5.86. The molecule has 32 heavy (non-hydrogen) atoms. The standard InChI is InChI=1S/C25H35NO6/c1-5-12-31-16-20-7-8-23(22(13-20)18(2)27)32-17-21(28)15-26-11-10-19-6-9-24(29-3)25(14-19)30-4/h6-9,13-14,21,26,28H,5,10-12,15-17H2,1-4H3. The van der Waals surface area contributed by atoms with E-state index in [9.17, 15) is 9.90 Å². The molecular formula is C25H35NO6. The Hall–Kier alpha value is -2.61. The molecule has 1 unspecified atom stereocenters. The second kappa shape index (κ2) is 13.7. The number of carbonyl (C=O) groups excluding carboxylic acids is 1. The van der Waals surface area contributed by atoms with E-state index < -0.39 is 6.10 Å². The smallest absolute Gasteiger partial charge is 0.163 e. The first-order valence-corrected chi connectivity index (χ1v) is 10.9. The largest absolute Gasteiger partial charge is 0.493 e. The van der Waals surface area contributed by atoms with Crippen molar-refractivity contribution in [3.05, 3.63) is 53.1 Å². The molecule has 0 amide bonds. The first-order chi connectivity index (χ1) is 15.5. The van der Waals surface area contributed by atoms with Crippen LogP contribution in [0.25, 0.3) is 0 Å². The van der Waals surface area contributed by atoms with Crippen LogP contribution in [-0.4, -0.2) is 57.5 Å². The van der Waals surface area contributed by atoms with Crippen LogP contribution in [0.2, 0.25) is 0 Å². The Bertz CT molecular complexity index is 854. The molecule has 1 atom stereocenters. The minimum Gasteiger partial charge on any atom is -0.493 e. The summed E-state index contributed by atoms with van der Waals surface area (Å²) >= 11 is 0. The average Bonchev–Trinajstić information content (AvgIpc) is 2.80. The Morgan fingerprint density at radius 2 is 1.75 bits per heavy atom. The summed E-state index contributed by atoms with van der Waals surface area (Å²) in [5, 5.41) is 13.5. The van der Waals surface area contributed by atoms with Gasteiger partial charge in [-0.25, -0.2) is 0 Å². The summed E-state index contributed by atoms with van der Waals surface area (Å²) in [6, 6.07) is 11.2. The van der Waals surface area contributed by atoms with Gasteiger partial charge in [-0.2, -0.15) is 0 Å². The van der Waals surface area contributed by atoms with Gasteiger partial charge >= 0.3 is 0 Å². The highest BCUT2D eigenvalue weighted by molar-refractivity contribution is 5.97. The fourth-order valence-corrected chi connectivity index (χ4v) is 3.18. The monoisotopic (exact) mass is 445 g/mol. The SMILES string of the molecule is CCCOCc1ccc(OCC(O)CNCCc2ccc(OC)c(OC)c2)c(C(C)=O)c1. The molecule has 0 saturated heterocycles. The Balaban J connectivity index is 1.79. The third-order valence-corrected chi connectivity index (χ3v) is 4.89. The molecule has 0 fully saturated rings. The number of methoxy groups -OCH3 is 2. The predicted molar refractivity (Wildman–Crippen MR) is 124 cm³/mol. The zero-order chi connectivity index (χ0) is 23.3. The van der Waals surface area contributed by atoms with Crippen LogP contribution < -0.4 is 19.5 Å². The van der Waals surface area contributed by atoms with Crippen LogP contribution in [0.5, 0.6) is 17.2 Å². The quantitative estimate of drug-likeness (QED) is 0.321. The van der Waals surface area contributed by atoms with Gasteiger partial charge in [-0.05, 0) is 61.7 Å². The van der Waals surface area contributed by atoms with Gasteiger partial charge in [0.05, 0.1) is 26.4 Å². The van der Waals surface area contributed by atoms with Gasteiger partial charge in [0, 0.05) is 13.2 Å². The van der Waals surface area contributed by atoms with E-state index in [1.54, 1.807) is 26.4 Å².